The zero-order valence-electron chi connectivity index (χ0n) is 15.1. The SMILES string of the molecule is COc1ccc(COc2ccccc2C#Cc2cccc(C(F)(F)F)c2)cc1. The average Bonchev–Trinajstić information content (AvgIpc) is 2.71. The van der Waals surface area contributed by atoms with Crippen LogP contribution in [0.3, 0.4) is 0 Å². The van der Waals surface area contributed by atoms with Crippen molar-refractivity contribution in [2.75, 3.05) is 7.11 Å². The molecule has 0 aliphatic heterocycles. The Bertz CT molecular complexity index is 997. The van der Waals surface area contributed by atoms with Gasteiger partial charge in [-0.25, -0.2) is 0 Å². The fourth-order valence-electron chi connectivity index (χ4n) is 2.49. The molecule has 3 aromatic rings. The Kier molecular flexibility index (Phi) is 5.90. The first kappa shape index (κ1) is 19.4. The molecule has 0 fully saturated rings. The number of rotatable bonds is 4. The Morgan fingerprint density at radius 2 is 1.61 bits per heavy atom. The second-order valence-corrected chi connectivity index (χ2v) is 5.96. The van der Waals surface area contributed by atoms with Gasteiger partial charge in [0.25, 0.3) is 0 Å². The smallest absolute Gasteiger partial charge is 0.416 e. The van der Waals surface area contributed by atoms with Crippen molar-refractivity contribution in [3.05, 3.63) is 95.1 Å². The van der Waals surface area contributed by atoms with Gasteiger partial charge in [-0.1, -0.05) is 42.2 Å². The lowest BCUT2D eigenvalue weighted by atomic mass is 10.1. The summed E-state index contributed by atoms with van der Waals surface area (Å²) >= 11 is 0. The third-order valence-corrected chi connectivity index (χ3v) is 3.97. The van der Waals surface area contributed by atoms with Gasteiger partial charge in [-0.2, -0.15) is 13.2 Å². The summed E-state index contributed by atoms with van der Waals surface area (Å²) in [6.07, 6.45) is -4.39. The van der Waals surface area contributed by atoms with E-state index in [0.717, 1.165) is 23.4 Å². The molecule has 0 unspecified atom stereocenters. The number of ether oxygens (including phenoxy) is 2. The first-order valence-electron chi connectivity index (χ1n) is 8.50. The topological polar surface area (TPSA) is 18.5 Å². The van der Waals surface area contributed by atoms with Crippen LogP contribution in [0, 0.1) is 11.8 Å². The molecule has 0 atom stereocenters. The fraction of sp³-hybridized carbons (Fsp3) is 0.130. The number of benzene rings is 3. The summed E-state index contributed by atoms with van der Waals surface area (Å²) in [6.45, 7) is 0.340. The maximum atomic E-state index is 12.8. The molecule has 0 saturated carbocycles. The van der Waals surface area contributed by atoms with E-state index in [4.69, 9.17) is 9.47 Å². The second kappa shape index (κ2) is 8.53. The normalized spacial score (nSPS) is 10.7. The monoisotopic (exact) mass is 382 g/mol. The van der Waals surface area contributed by atoms with E-state index in [-0.39, 0.29) is 0 Å². The molecule has 0 amide bonds. The van der Waals surface area contributed by atoms with Crippen LogP contribution in [0.15, 0.2) is 72.8 Å². The Labute approximate surface area is 161 Å². The minimum absolute atomic E-state index is 0.291. The van der Waals surface area contributed by atoms with Crippen molar-refractivity contribution < 1.29 is 22.6 Å². The van der Waals surface area contributed by atoms with E-state index in [9.17, 15) is 13.2 Å². The molecular formula is C23H17F3O2. The van der Waals surface area contributed by atoms with Crippen LogP contribution in [0.4, 0.5) is 13.2 Å². The number of para-hydroxylation sites is 1. The first-order chi connectivity index (χ1) is 13.5. The standard InChI is InChI=1S/C23H17F3O2/c1-27-21-13-10-18(11-14-21)16-28-22-8-3-2-6-19(22)12-9-17-5-4-7-20(15-17)23(24,25)26/h2-8,10-11,13-15H,16H2,1H3. The lowest BCUT2D eigenvalue weighted by molar-refractivity contribution is -0.137. The van der Waals surface area contributed by atoms with Crippen LogP contribution in [0.2, 0.25) is 0 Å². The Morgan fingerprint density at radius 1 is 0.857 bits per heavy atom. The van der Waals surface area contributed by atoms with Crippen LogP contribution in [0.5, 0.6) is 11.5 Å². The van der Waals surface area contributed by atoms with Crippen LogP contribution in [-0.4, -0.2) is 7.11 Å². The summed E-state index contributed by atoms with van der Waals surface area (Å²) in [7, 11) is 1.60. The number of hydrogen-bond acceptors (Lipinski definition) is 2. The van der Waals surface area contributed by atoms with Crippen molar-refractivity contribution >= 4 is 0 Å². The van der Waals surface area contributed by atoms with Gasteiger partial charge < -0.3 is 9.47 Å². The Hall–Kier alpha value is -3.39. The first-order valence-corrected chi connectivity index (χ1v) is 8.50. The lowest BCUT2D eigenvalue weighted by Gasteiger charge is -2.09. The predicted octanol–water partition coefficient (Wildman–Crippen LogP) is 5.69. The van der Waals surface area contributed by atoms with E-state index in [1.165, 1.54) is 6.07 Å². The highest BCUT2D eigenvalue weighted by atomic mass is 19.4. The number of alkyl halides is 3. The van der Waals surface area contributed by atoms with Crippen molar-refractivity contribution in [1.82, 2.24) is 0 Å². The molecule has 0 aromatic heterocycles. The molecular weight excluding hydrogens is 365 g/mol. The molecule has 3 rings (SSSR count). The minimum Gasteiger partial charge on any atom is -0.497 e. The lowest BCUT2D eigenvalue weighted by Crippen LogP contribution is -2.04. The zero-order chi connectivity index (χ0) is 20.0. The molecule has 0 aliphatic carbocycles. The molecule has 5 heteroatoms. The largest absolute Gasteiger partial charge is 0.497 e. The van der Waals surface area contributed by atoms with Crippen LogP contribution in [-0.2, 0) is 12.8 Å². The molecule has 0 N–H and O–H groups in total. The molecule has 0 radical (unpaired) electrons. The maximum absolute atomic E-state index is 12.8. The van der Waals surface area contributed by atoms with Crippen LogP contribution >= 0.6 is 0 Å². The molecule has 28 heavy (non-hydrogen) atoms. The zero-order valence-corrected chi connectivity index (χ0v) is 15.1. The molecule has 2 nitrogen and oxygen atoms in total. The van der Waals surface area contributed by atoms with Crippen molar-refractivity contribution in [1.29, 1.82) is 0 Å². The summed E-state index contributed by atoms with van der Waals surface area (Å²) < 4.78 is 49.5. The predicted molar refractivity (Wildman–Crippen MR) is 101 cm³/mol. The van der Waals surface area contributed by atoms with E-state index < -0.39 is 11.7 Å². The summed E-state index contributed by atoms with van der Waals surface area (Å²) in [6, 6.07) is 19.6. The van der Waals surface area contributed by atoms with Crippen molar-refractivity contribution in [3.63, 3.8) is 0 Å². The van der Waals surface area contributed by atoms with E-state index in [1.807, 2.05) is 30.3 Å². The number of halogens is 3. The Balaban J connectivity index is 1.77. The average molecular weight is 382 g/mol. The van der Waals surface area contributed by atoms with Gasteiger partial charge in [-0.3, -0.25) is 0 Å². The highest BCUT2D eigenvalue weighted by Gasteiger charge is 2.30. The van der Waals surface area contributed by atoms with Crippen molar-refractivity contribution in [2.45, 2.75) is 12.8 Å². The van der Waals surface area contributed by atoms with Crippen LogP contribution < -0.4 is 9.47 Å². The fourth-order valence-corrected chi connectivity index (χ4v) is 2.49. The minimum atomic E-state index is -4.39. The molecule has 3 aromatic carbocycles. The van der Waals surface area contributed by atoms with Gasteiger partial charge in [0.15, 0.2) is 0 Å². The molecule has 142 valence electrons. The molecule has 0 saturated heterocycles. The van der Waals surface area contributed by atoms with E-state index in [1.54, 1.807) is 31.4 Å². The van der Waals surface area contributed by atoms with Crippen LogP contribution in [0.1, 0.15) is 22.3 Å². The quantitative estimate of drug-likeness (QED) is 0.540. The molecule has 0 heterocycles. The van der Waals surface area contributed by atoms with Gasteiger partial charge in [0.2, 0.25) is 0 Å². The summed E-state index contributed by atoms with van der Waals surface area (Å²) in [4.78, 5) is 0. The van der Waals surface area contributed by atoms with E-state index >= 15 is 0 Å². The van der Waals surface area contributed by atoms with Gasteiger partial charge in [0.1, 0.15) is 18.1 Å². The van der Waals surface area contributed by atoms with Gasteiger partial charge >= 0.3 is 6.18 Å². The van der Waals surface area contributed by atoms with Crippen molar-refractivity contribution in [3.8, 4) is 23.3 Å². The van der Waals surface area contributed by atoms with Gasteiger partial charge in [0, 0.05) is 5.56 Å². The summed E-state index contributed by atoms with van der Waals surface area (Å²) in [5.74, 6) is 7.01. The molecule has 0 bridgehead atoms. The summed E-state index contributed by atoms with van der Waals surface area (Å²) in [5, 5.41) is 0. The molecule has 0 spiro atoms. The maximum Gasteiger partial charge on any atom is 0.416 e. The van der Waals surface area contributed by atoms with E-state index in [0.29, 0.717) is 23.5 Å². The highest BCUT2D eigenvalue weighted by molar-refractivity contribution is 5.50. The van der Waals surface area contributed by atoms with Crippen molar-refractivity contribution in [2.24, 2.45) is 0 Å². The van der Waals surface area contributed by atoms with E-state index in [2.05, 4.69) is 11.8 Å². The third-order valence-electron chi connectivity index (χ3n) is 3.97. The Morgan fingerprint density at radius 3 is 2.32 bits per heavy atom. The van der Waals surface area contributed by atoms with Gasteiger partial charge in [-0.15, -0.1) is 0 Å². The van der Waals surface area contributed by atoms with Gasteiger partial charge in [-0.05, 0) is 48.0 Å². The number of methoxy groups -OCH3 is 1. The summed E-state index contributed by atoms with van der Waals surface area (Å²) in [5.41, 5.74) is 1.14. The second-order valence-electron chi connectivity index (χ2n) is 5.96. The molecule has 0 aliphatic rings. The number of hydrogen-bond donors (Lipinski definition) is 0. The highest BCUT2D eigenvalue weighted by Crippen LogP contribution is 2.29. The third kappa shape index (κ3) is 5.08. The van der Waals surface area contributed by atoms with Crippen LogP contribution in [0.25, 0.3) is 0 Å². The van der Waals surface area contributed by atoms with Gasteiger partial charge in [0.05, 0.1) is 18.2 Å².